The Kier molecular flexibility index (Phi) is 4.66. The van der Waals surface area contributed by atoms with Crippen molar-refractivity contribution >= 4 is 17.8 Å². The SMILES string of the molecule is O=C1CCC(=O)N1C1CC2CCC(C1)N2C(=O)NCCc1ccccc1. The molecule has 4 amide bonds. The molecule has 6 nitrogen and oxygen atoms in total. The molecule has 2 unspecified atom stereocenters. The lowest BCUT2D eigenvalue weighted by atomic mass is 9.96. The van der Waals surface area contributed by atoms with E-state index in [-0.39, 0.29) is 36.0 Å². The Bertz CT molecular complexity index is 676. The summed E-state index contributed by atoms with van der Waals surface area (Å²) >= 11 is 0. The van der Waals surface area contributed by atoms with E-state index in [4.69, 9.17) is 0 Å². The van der Waals surface area contributed by atoms with Gasteiger partial charge in [0.25, 0.3) is 0 Å². The number of benzene rings is 1. The summed E-state index contributed by atoms with van der Waals surface area (Å²) < 4.78 is 0. The third kappa shape index (κ3) is 3.20. The van der Waals surface area contributed by atoms with Crippen LogP contribution >= 0.6 is 0 Å². The Labute approximate surface area is 153 Å². The Hall–Kier alpha value is -2.37. The van der Waals surface area contributed by atoms with Crippen molar-refractivity contribution in [2.24, 2.45) is 0 Å². The summed E-state index contributed by atoms with van der Waals surface area (Å²) in [7, 11) is 0. The van der Waals surface area contributed by atoms with Crippen molar-refractivity contribution in [1.29, 1.82) is 0 Å². The highest BCUT2D eigenvalue weighted by atomic mass is 16.2. The summed E-state index contributed by atoms with van der Waals surface area (Å²) in [6.07, 6.45) is 4.87. The van der Waals surface area contributed by atoms with E-state index in [0.29, 0.717) is 19.4 Å². The van der Waals surface area contributed by atoms with Crippen LogP contribution in [-0.2, 0) is 16.0 Å². The molecule has 138 valence electrons. The van der Waals surface area contributed by atoms with Gasteiger partial charge in [-0.05, 0) is 37.7 Å². The standard InChI is InChI=1S/C20H25N3O3/c24-18-8-9-19(25)23(18)17-12-15-6-7-16(13-17)22(15)20(26)21-11-10-14-4-2-1-3-5-14/h1-5,15-17H,6-13H2,(H,21,26). The molecule has 4 rings (SSSR count). The Morgan fingerprint density at radius 3 is 2.19 bits per heavy atom. The molecule has 3 heterocycles. The fourth-order valence-corrected chi connectivity index (χ4v) is 4.74. The van der Waals surface area contributed by atoms with E-state index < -0.39 is 0 Å². The lowest BCUT2D eigenvalue weighted by molar-refractivity contribution is -0.142. The molecule has 0 radical (unpaired) electrons. The Morgan fingerprint density at radius 1 is 0.962 bits per heavy atom. The van der Waals surface area contributed by atoms with E-state index in [1.165, 1.54) is 10.5 Å². The number of rotatable bonds is 4. The first kappa shape index (κ1) is 17.1. The first-order chi connectivity index (χ1) is 12.6. The average molecular weight is 355 g/mol. The lowest BCUT2D eigenvalue weighted by Crippen LogP contribution is -2.56. The van der Waals surface area contributed by atoms with E-state index >= 15 is 0 Å². The predicted octanol–water partition coefficient (Wildman–Crippen LogP) is 2.08. The molecule has 0 aromatic heterocycles. The number of piperidine rings is 1. The molecule has 26 heavy (non-hydrogen) atoms. The van der Waals surface area contributed by atoms with Gasteiger partial charge in [-0.25, -0.2) is 4.79 Å². The van der Waals surface area contributed by atoms with Gasteiger partial charge in [0.05, 0.1) is 0 Å². The Balaban J connectivity index is 1.33. The Morgan fingerprint density at radius 2 is 1.58 bits per heavy atom. The van der Waals surface area contributed by atoms with Gasteiger partial charge < -0.3 is 10.2 Å². The average Bonchev–Trinajstić information content (AvgIpc) is 3.11. The second kappa shape index (κ2) is 7.09. The zero-order valence-corrected chi connectivity index (χ0v) is 14.9. The van der Waals surface area contributed by atoms with Gasteiger partial charge in [-0.3, -0.25) is 14.5 Å². The van der Waals surface area contributed by atoms with E-state index in [2.05, 4.69) is 17.4 Å². The topological polar surface area (TPSA) is 69.7 Å². The minimum atomic E-state index is -0.0415. The molecule has 1 N–H and O–H groups in total. The van der Waals surface area contributed by atoms with Crippen LogP contribution in [-0.4, -0.2) is 52.3 Å². The van der Waals surface area contributed by atoms with Crippen molar-refractivity contribution in [1.82, 2.24) is 15.1 Å². The molecular weight excluding hydrogens is 330 g/mol. The molecule has 2 atom stereocenters. The van der Waals surface area contributed by atoms with Gasteiger partial charge in [0.15, 0.2) is 0 Å². The minimum absolute atomic E-state index is 0.00837. The normalized spacial score (nSPS) is 27.9. The highest BCUT2D eigenvalue weighted by molar-refractivity contribution is 6.02. The number of likely N-dealkylation sites (tertiary alicyclic amines) is 1. The molecule has 3 fully saturated rings. The summed E-state index contributed by atoms with van der Waals surface area (Å²) in [5, 5.41) is 3.04. The summed E-state index contributed by atoms with van der Waals surface area (Å²) in [5.74, 6) is -0.0830. The maximum Gasteiger partial charge on any atom is 0.317 e. The summed E-state index contributed by atoms with van der Waals surface area (Å²) in [4.78, 5) is 40.2. The van der Waals surface area contributed by atoms with Crippen LogP contribution in [0.25, 0.3) is 0 Å². The molecular formula is C20H25N3O3. The van der Waals surface area contributed by atoms with Crippen LogP contribution in [0.3, 0.4) is 0 Å². The van der Waals surface area contributed by atoms with Gasteiger partial charge in [0.1, 0.15) is 0 Å². The largest absolute Gasteiger partial charge is 0.338 e. The third-order valence-electron chi connectivity index (χ3n) is 5.93. The first-order valence-corrected chi connectivity index (χ1v) is 9.58. The fourth-order valence-electron chi connectivity index (χ4n) is 4.74. The molecule has 3 aliphatic heterocycles. The van der Waals surface area contributed by atoms with Gasteiger partial charge in [-0.2, -0.15) is 0 Å². The fraction of sp³-hybridized carbons (Fsp3) is 0.550. The number of fused-ring (bicyclic) bond motifs is 2. The number of urea groups is 1. The highest BCUT2D eigenvalue weighted by Crippen LogP contribution is 2.38. The van der Waals surface area contributed by atoms with E-state index in [9.17, 15) is 14.4 Å². The van der Waals surface area contributed by atoms with Crippen LogP contribution < -0.4 is 5.32 Å². The molecule has 0 spiro atoms. The van der Waals surface area contributed by atoms with Gasteiger partial charge in [0.2, 0.25) is 11.8 Å². The number of amides is 4. The maximum absolute atomic E-state index is 12.7. The van der Waals surface area contributed by atoms with Crippen molar-refractivity contribution in [3.05, 3.63) is 35.9 Å². The maximum atomic E-state index is 12.7. The van der Waals surface area contributed by atoms with Crippen LogP contribution in [0.15, 0.2) is 30.3 Å². The van der Waals surface area contributed by atoms with Crippen molar-refractivity contribution in [3.63, 3.8) is 0 Å². The van der Waals surface area contributed by atoms with Crippen molar-refractivity contribution in [2.45, 2.75) is 63.1 Å². The van der Waals surface area contributed by atoms with Gasteiger partial charge in [-0.15, -0.1) is 0 Å². The third-order valence-corrected chi connectivity index (χ3v) is 5.93. The number of imide groups is 1. The number of nitrogens with zero attached hydrogens (tertiary/aromatic N) is 2. The quantitative estimate of drug-likeness (QED) is 0.841. The number of carbonyl (C=O) groups excluding carboxylic acids is 3. The van der Waals surface area contributed by atoms with Gasteiger partial charge in [-0.1, -0.05) is 30.3 Å². The van der Waals surface area contributed by atoms with Crippen LogP contribution in [0.5, 0.6) is 0 Å². The number of carbonyl (C=O) groups is 3. The molecule has 2 bridgehead atoms. The van der Waals surface area contributed by atoms with E-state index in [0.717, 1.165) is 32.1 Å². The number of hydrogen-bond donors (Lipinski definition) is 1. The molecule has 3 saturated heterocycles. The lowest BCUT2D eigenvalue weighted by Gasteiger charge is -2.41. The molecule has 3 aliphatic rings. The van der Waals surface area contributed by atoms with Gasteiger partial charge in [0, 0.05) is 37.5 Å². The minimum Gasteiger partial charge on any atom is -0.338 e. The molecule has 1 aromatic carbocycles. The zero-order chi connectivity index (χ0) is 18.1. The first-order valence-electron chi connectivity index (χ1n) is 9.58. The van der Waals surface area contributed by atoms with Crippen molar-refractivity contribution in [2.75, 3.05) is 6.54 Å². The summed E-state index contributed by atoms with van der Waals surface area (Å²) in [5.41, 5.74) is 1.21. The zero-order valence-electron chi connectivity index (χ0n) is 14.9. The second-order valence-corrected chi connectivity index (χ2v) is 7.54. The predicted molar refractivity (Wildman–Crippen MR) is 96.3 cm³/mol. The van der Waals surface area contributed by atoms with Crippen molar-refractivity contribution in [3.8, 4) is 0 Å². The van der Waals surface area contributed by atoms with Crippen LogP contribution in [0, 0.1) is 0 Å². The van der Waals surface area contributed by atoms with Crippen LogP contribution in [0.1, 0.15) is 44.1 Å². The summed E-state index contributed by atoms with van der Waals surface area (Å²) in [6.45, 7) is 0.616. The van der Waals surface area contributed by atoms with Crippen LogP contribution in [0.4, 0.5) is 4.79 Å². The molecule has 0 aliphatic carbocycles. The van der Waals surface area contributed by atoms with E-state index in [1.54, 1.807) is 0 Å². The summed E-state index contributed by atoms with van der Waals surface area (Å²) in [6, 6.07) is 10.4. The highest BCUT2D eigenvalue weighted by Gasteiger charge is 2.47. The molecule has 0 saturated carbocycles. The molecule has 6 heteroatoms. The van der Waals surface area contributed by atoms with Crippen molar-refractivity contribution < 1.29 is 14.4 Å². The smallest absolute Gasteiger partial charge is 0.317 e. The number of hydrogen-bond acceptors (Lipinski definition) is 3. The number of nitrogens with one attached hydrogen (secondary N) is 1. The second-order valence-electron chi connectivity index (χ2n) is 7.54. The molecule has 1 aromatic rings. The van der Waals surface area contributed by atoms with Gasteiger partial charge >= 0.3 is 6.03 Å². The monoisotopic (exact) mass is 355 g/mol. The van der Waals surface area contributed by atoms with E-state index in [1.807, 2.05) is 23.1 Å². The van der Waals surface area contributed by atoms with Crippen LogP contribution in [0.2, 0.25) is 0 Å².